The number of carbonyl (C=O) groups excluding carboxylic acids is 2. The highest BCUT2D eigenvalue weighted by molar-refractivity contribution is 6.15. The van der Waals surface area contributed by atoms with Crippen molar-refractivity contribution in [2.45, 2.75) is 20.3 Å². The molecule has 1 N–H and O–H groups in total. The maximum atomic E-state index is 12.9. The summed E-state index contributed by atoms with van der Waals surface area (Å²) in [6, 6.07) is 11.4. The summed E-state index contributed by atoms with van der Waals surface area (Å²) >= 11 is 0. The molecule has 0 amide bonds. The third-order valence-electron chi connectivity index (χ3n) is 4.30. The second-order valence-corrected chi connectivity index (χ2v) is 5.96. The van der Waals surface area contributed by atoms with E-state index >= 15 is 0 Å². The van der Waals surface area contributed by atoms with Crippen LogP contribution < -0.4 is 4.90 Å². The van der Waals surface area contributed by atoms with Gasteiger partial charge in [-0.3, -0.25) is 4.79 Å². The van der Waals surface area contributed by atoms with Crippen LogP contribution in [-0.4, -0.2) is 36.6 Å². The lowest BCUT2D eigenvalue weighted by atomic mass is 9.97. The zero-order valence-corrected chi connectivity index (χ0v) is 15.8. The van der Waals surface area contributed by atoms with Gasteiger partial charge in [0.2, 0.25) is 0 Å². The highest BCUT2D eigenvalue weighted by Gasteiger charge is 2.21. The number of phenolic OH excluding ortho intramolecular Hbond substituents is 1. The first-order chi connectivity index (χ1) is 13.0. The van der Waals surface area contributed by atoms with Crippen LogP contribution in [0.1, 0.15) is 46.5 Å². The van der Waals surface area contributed by atoms with E-state index in [9.17, 15) is 14.7 Å². The Bertz CT molecular complexity index is 825. The van der Waals surface area contributed by atoms with Crippen LogP contribution in [0, 0.1) is 0 Å². The molecule has 5 heteroatoms. The fourth-order valence-electron chi connectivity index (χ4n) is 2.81. The van der Waals surface area contributed by atoms with Crippen LogP contribution >= 0.6 is 0 Å². The van der Waals surface area contributed by atoms with Gasteiger partial charge in [-0.2, -0.15) is 0 Å². The number of phenols is 1. The van der Waals surface area contributed by atoms with Gasteiger partial charge in [0.1, 0.15) is 5.75 Å². The second-order valence-electron chi connectivity index (χ2n) is 5.96. The average molecular weight is 367 g/mol. The summed E-state index contributed by atoms with van der Waals surface area (Å²) in [5, 5.41) is 10.4. The van der Waals surface area contributed by atoms with Crippen LogP contribution in [0.4, 0.5) is 5.69 Å². The summed E-state index contributed by atoms with van der Waals surface area (Å²) < 4.78 is 5.17. The SMILES string of the molecule is C=CCCOC(=O)c1ccccc1C(=O)c1ccc(N(CC)CC)cc1O. The normalized spacial score (nSPS) is 10.3. The topological polar surface area (TPSA) is 66.8 Å². The third-order valence-corrected chi connectivity index (χ3v) is 4.30. The Hall–Kier alpha value is -3.08. The lowest BCUT2D eigenvalue weighted by molar-refractivity contribution is 0.0509. The minimum atomic E-state index is -0.569. The maximum Gasteiger partial charge on any atom is 0.338 e. The molecular formula is C22H25NO4. The van der Waals surface area contributed by atoms with Crippen molar-refractivity contribution < 1.29 is 19.4 Å². The first-order valence-electron chi connectivity index (χ1n) is 9.03. The van der Waals surface area contributed by atoms with Crippen LogP contribution in [-0.2, 0) is 4.74 Å². The standard InChI is InChI=1S/C22H25NO4/c1-4-7-14-27-22(26)18-11-9-8-10-17(18)21(25)19-13-12-16(15-20(19)24)23(5-2)6-3/h4,8-13,15,24H,1,5-7,14H2,2-3H3. The van der Waals surface area contributed by atoms with Gasteiger partial charge >= 0.3 is 5.97 Å². The quantitative estimate of drug-likeness (QED) is 0.311. The predicted octanol–water partition coefficient (Wildman–Crippen LogP) is 4.20. The molecule has 0 aliphatic heterocycles. The van der Waals surface area contributed by atoms with Crippen molar-refractivity contribution >= 4 is 17.4 Å². The first-order valence-corrected chi connectivity index (χ1v) is 9.03. The highest BCUT2D eigenvalue weighted by atomic mass is 16.5. The van der Waals surface area contributed by atoms with E-state index in [0.29, 0.717) is 6.42 Å². The van der Waals surface area contributed by atoms with E-state index in [2.05, 4.69) is 11.5 Å². The Labute approximate surface area is 159 Å². The minimum absolute atomic E-state index is 0.112. The molecule has 0 bridgehead atoms. The monoisotopic (exact) mass is 367 g/mol. The van der Waals surface area contributed by atoms with Gasteiger partial charge in [-0.05, 0) is 38.5 Å². The molecule has 0 unspecified atom stereocenters. The Morgan fingerprint density at radius 1 is 1.07 bits per heavy atom. The van der Waals surface area contributed by atoms with Gasteiger partial charge < -0.3 is 14.7 Å². The zero-order valence-electron chi connectivity index (χ0n) is 15.8. The van der Waals surface area contributed by atoms with Crippen molar-refractivity contribution in [3.05, 3.63) is 71.8 Å². The molecule has 142 valence electrons. The van der Waals surface area contributed by atoms with Crippen molar-refractivity contribution in [3.8, 4) is 5.75 Å². The van der Waals surface area contributed by atoms with Crippen LogP contribution in [0.15, 0.2) is 55.1 Å². The number of ketones is 1. The summed E-state index contributed by atoms with van der Waals surface area (Å²) in [4.78, 5) is 27.3. The number of esters is 1. The molecule has 2 rings (SSSR count). The molecule has 0 aliphatic carbocycles. The fraction of sp³-hybridized carbons (Fsp3) is 0.273. The molecule has 0 atom stereocenters. The second kappa shape index (κ2) is 9.57. The summed E-state index contributed by atoms with van der Waals surface area (Å²) in [5.41, 5.74) is 1.37. The number of nitrogens with zero attached hydrogens (tertiary/aromatic N) is 1. The molecule has 0 aliphatic rings. The fourth-order valence-corrected chi connectivity index (χ4v) is 2.81. The molecule has 0 aromatic heterocycles. The Kier molecular flexibility index (Phi) is 7.17. The number of hydrogen-bond acceptors (Lipinski definition) is 5. The average Bonchev–Trinajstić information content (AvgIpc) is 2.68. The molecule has 2 aromatic rings. The maximum absolute atomic E-state index is 12.9. The molecule has 5 nitrogen and oxygen atoms in total. The van der Waals surface area contributed by atoms with Crippen LogP contribution in [0.5, 0.6) is 5.75 Å². The third kappa shape index (κ3) is 4.76. The van der Waals surface area contributed by atoms with E-state index in [-0.39, 0.29) is 29.0 Å². The van der Waals surface area contributed by atoms with E-state index in [0.717, 1.165) is 18.8 Å². The van der Waals surface area contributed by atoms with Gasteiger partial charge in [-0.25, -0.2) is 4.79 Å². The lowest BCUT2D eigenvalue weighted by Gasteiger charge is -2.21. The van der Waals surface area contributed by atoms with Crippen molar-refractivity contribution in [1.29, 1.82) is 0 Å². The van der Waals surface area contributed by atoms with Gasteiger partial charge in [0.15, 0.2) is 5.78 Å². The molecule has 0 saturated carbocycles. The summed E-state index contributed by atoms with van der Waals surface area (Å²) in [6.07, 6.45) is 2.19. The van der Waals surface area contributed by atoms with Crippen molar-refractivity contribution in [1.82, 2.24) is 0 Å². The van der Waals surface area contributed by atoms with E-state index < -0.39 is 11.8 Å². The van der Waals surface area contributed by atoms with E-state index in [1.54, 1.807) is 48.5 Å². The molecular weight excluding hydrogens is 342 g/mol. The van der Waals surface area contributed by atoms with Gasteiger partial charge in [0.05, 0.1) is 17.7 Å². The molecule has 0 spiro atoms. The number of benzene rings is 2. The molecule has 0 fully saturated rings. The summed E-state index contributed by atoms with van der Waals surface area (Å²) in [7, 11) is 0. The summed E-state index contributed by atoms with van der Waals surface area (Å²) in [6.45, 7) is 9.42. The number of ether oxygens (including phenoxy) is 1. The number of carbonyl (C=O) groups is 2. The van der Waals surface area contributed by atoms with E-state index in [4.69, 9.17) is 4.74 Å². The van der Waals surface area contributed by atoms with Gasteiger partial charge in [-0.1, -0.05) is 24.3 Å². The van der Waals surface area contributed by atoms with Crippen LogP contribution in [0.25, 0.3) is 0 Å². The predicted molar refractivity (Wildman–Crippen MR) is 107 cm³/mol. The Morgan fingerprint density at radius 2 is 1.74 bits per heavy atom. The van der Waals surface area contributed by atoms with E-state index in [1.165, 1.54) is 0 Å². The lowest BCUT2D eigenvalue weighted by Crippen LogP contribution is -2.21. The number of aromatic hydroxyl groups is 1. The molecule has 27 heavy (non-hydrogen) atoms. The van der Waals surface area contributed by atoms with Crippen LogP contribution in [0.2, 0.25) is 0 Å². The van der Waals surface area contributed by atoms with Crippen molar-refractivity contribution in [2.75, 3.05) is 24.6 Å². The zero-order chi connectivity index (χ0) is 19.8. The molecule has 0 heterocycles. The largest absolute Gasteiger partial charge is 0.507 e. The highest BCUT2D eigenvalue weighted by Crippen LogP contribution is 2.27. The Balaban J connectivity index is 2.33. The summed E-state index contributed by atoms with van der Waals surface area (Å²) in [5.74, 6) is -1.10. The smallest absolute Gasteiger partial charge is 0.338 e. The van der Waals surface area contributed by atoms with Gasteiger partial charge in [-0.15, -0.1) is 6.58 Å². The molecule has 0 saturated heterocycles. The van der Waals surface area contributed by atoms with Gasteiger partial charge in [0, 0.05) is 30.4 Å². The minimum Gasteiger partial charge on any atom is -0.507 e. The number of anilines is 1. The van der Waals surface area contributed by atoms with Gasteiger partial charge in [0.25, 0.3) is 0 Å². The number of hydrogen-bond donors (Lipinski definition) is 1. The number of rotatable bonds is 9. The Morgan fingerprint density at radius 3 is 2.33 bits per heavy atom. The first kappa shape index (κ1) is 20.2. The molecule has 0 radical (unpaired) electrons. The van der Waals surface area contributed by atoms with Crippen LogP contribution in [0.3, 0.4) is 0 Å². The van der Waals surface area contributed by atoms with Crippen molar-refractivity contribution in [2.24, 2.45) is 0 Å². The van der Waals surface area contributed by atoms with Crippen molar-refractivity contribution in [3.63, 3.8) is 0 Å². The van der Waals surface area contributed by atoms with E-state index in [1.807, 2.05) is 13.8 Å². The molecule has 2 aromatic carbocycles.